The van der Waals surface area contributed by atoms with Gasteiger partial charge in [-0.1, -0.05) is 43.2 Å². The number of para-hydroxylation sites is 2. The average Bonchev–Trinajstić information content (AvgIpc) is 3.40. The molecule has 1 aliphatic carbocycles. The number of fused-ring (bicyclic) bond motifs is 1. The third kappa shape index (κ3) is 4.99. The van der Waals surface area contributed by atoms with Crippen molar-refractivity contribution < 1.29 is 19.1 Å². The van der Waals surface area contributed by atoms with Crippen molar-refractivity contribution in [3.05, 3.63) is 65.9 Å². The first-order valence-corrected chi connectivity index (χ1v) is 10.9. The second-order valence-electron chi connectivity index (χ2n) is 8.14. The Balaban J connectivity index is 1.33. The Morgan fingerprint density at radius 3 is 2.56 bits per heavy atom. The van der Waals surface area contributed by atoms with Crippen molar-refractivity contribution in [2.24, 2.45) is 0 Å². The van der Waals surface area contributed by atoms with Crippen molar-refractivity contribution in [3.8, 4) is 0 Å². The van der Waals surface area contributed by atoms with Gasteiger partial charge in [0.2, 0.25) is 0 Å². The Labute approximate surface area is 186 Å². The molecule has 1 saturated carbocycles. The molecule has 1 heterocycles. The minimum Gasteiger partial charge on any atom is -0.454 e. The van der Waals surface area contributed by atoms with Crippen molar-refractivity contribution >= 4 is 34.4 Å². The third-order valence-corrected chi connectivity index (χ3v) is 5.81. The van der Waals surface area contributed by atoms with Gasteiger partial charge < -0.3 is 19.9 Å². The van der Waals surface area contributed by atoms with Gasteiger partial charge in [-0.05, 0) is 49.4 Å². The Hall–Kier alpha value is -3.61. The van der Waals surface area contributed by atoms with Gasteiger partial charge in [-0.2, -0.15) is 0 Å². The van der Waals surface area contributed by atoms with E-state index in [0.717, 1.165) is 42.3 Å². The molecule has 4 rings (SSSR count). The molecule has 1 aliphatic rings. The number of amides is 2. The molecule has 0 aliphatic heterocycles. The summed E-state index contributed by atoms with van der Waals surface area (Å²) in [6.07, 6.45) is 4.19. The first-order chi connectivity index (χ1) is 15.5. The van der Waals surface area contributed by atoms with Gasteiger partial charge in [0.25, 0.3) is 11.8 Å². The zero-order valence-corrected chi connectivity index (χ0v) is 18.1. The zero-order valence-electron chi connectivity index (χ0n) is 18.1. The quantitative estimate of drug-likeness (QED) is 0.555. The molecular weight excluding hydrogens is 406 g/mol. The second kappa shape index (κ2) is 9.68. The Morgan fingerprint density at radius 1 is 1.03 bits per heavy atom. The van der Waals surface area contributed by atoms with E-state index in [1.54, 1.807) is 24.3 Å². The van der Waals surface area contributed by atoms with Crippen LogP contribution in [0.2, 0.25) is 0 Å². The number of benzene rings is 2. The average molecular weight is 434 g/mol. The predicted octanol–water partition coefficient (Wildman–Crippen LogP) is 3.80. The highest BCUT2D eigenvalue weighted by molar-refractivity contribution is 6.04. The van der Waals surface area contributed by atoms with Crippen LogP contribution in [0.1, 0.15) is 41.7 Å². The topological polar surface area (TPSA) is 89.4 Å². The van der Waals surface area contributed by atoms with E-state index in [1.807, 2.05) is 41.8 Å². The molecule has 7 nitrogen and oxygen atoms in total. The summed E-state index contributed by atoms with van der Waals surface area (Å²) in [5.74, 6) is -1.20. The third-order valence-electron chi connectivity index (χ3n) is 5.81. The fourth-order valence-electron chi connectivity index (χ4n) is 4.19. The van der Waals surface area contributed by atoms with Crippen molar-refractivity contribution in [1.82, 2.24) is 9.88 Å². The van der Waals surface area contributed by atoms with E-state index in [2.05, 4.69) is 10.6 Å². The summed E-state index contributed by atoms with van der Waals surface area (Å²) in [4.78, 5) is 37.4. The second-order valence-corrected chi connectivity index (χ2v) is 8.14. The summed E-state index contributed by atoms with van der Waals surface area (Å²) in [5, 5.41) is 6.76. The van der Waals surface area contributed by atoms with Crippen molar-refractivity contribution in [3.63, 3.8) is 0 Å². The van der Waals surface area contributed by atoms with Gasteiger partial charge in [0.05, 0.1) is 11.3 Å². The van der Waals surface area contributed by atoms with Crippen LogP contribution in [0.3, 0.4) is 0 Å². The molecule has 3 aromatic rings. The van der Waals surface area contributed by atoms with E-state index in [1.165, 1.54) is 0 Å². The SMILES string of the molecule is Cc1cc2ccccc2n1CC(=O)OCC(=O)Nc1ccccc1C(=O)NC1CCCC1. The summed E-state index contributed by atoms with van der Waals surface area (Å²) in [6, 6.07) is 16.8. The van der Waals surface area contributed by atoms with Crippen LogP contribution >= 0.6 is 0 Å². The lowest BCUT2D eigenvalue weighted by Gasteiger charge is -2.15. The van der Waals surface area contributed by atoms with Crippen LogP contribution in [-0.2, 0) is 20.9 Å². The molecule has 2 aromatic carbocycles. The summed E-state index contributed by atoms with van der Waals surface area (Å²) >= 11 is 0. The monoisotopic (exact) mass is 433 g/mol. The molecule has 0 unspecified atom stereocenters. The molecule has 32 heavy (non-hydrogen) atoms. The number of esters is 1. The first kappa shape index (κ1) is 21.6. The normalized spacial score (nSPS) is 13.8. The molecule has 1 fully saturated rings. The highest BCUT2D eigenvalue weighted by Crippen LogP contribution is 2.21. The van der Waals surface area contributed by atoms with Crippen LogP contribution in [0.4, 0.5) is 5.69 Å². The number of carbonyl (C=O) groups is 3. The predicted molar refractivity (Wildman–Crippen MR) is 122 cm³/mol. The van der Waals surface area contributed by atoms with E-state index in [-0.39, 0.29) is 18.5 Å². The van der Waals surface area contributed by atoms with Gasteiger partial charge in [0, 0.05) is 17.3 Å². The maximum atomic E-state index is 12.6. The van der Waals surface area contributed by atoms with Crippen LogP contribution in [0.25, 0.3) is 10.9 Å². The van der Waals surface area contributed by atoms with Gasteiger partial charge in [-0.15, -0.1) is 0 Å². The Morgan fingerprint density at radius 2 is 1.75 bits per heavy atom. The number of nitrogens with zero attached hydrogens (tertiary/aromatic N) is 1. The molecule has 1 aromatic heterocycles. The molecule has 0 atom stereocenters. The number of anilines is 1. The first-order valence-electron chi connectivity index (χ1n) is 10.9. The molecule has 0 bridgehead atoms. The maximum Gasteiger partial charge on any atom is 0.326 e. The maximum absolute atomic E-state index is 12.6. The van der Waals surface area contributed by atoms with E-state index in [9.17, 15) is 14.4 Å². The molecule has 0 radical (unpaired) electrons. The molecule has 2 N–H and O–H groups in total. The summed E-state index contributed by atoms with van der Waals surface area (Å²) in [6.45, 7) is 1.52. The number of aryl methyl sites for hydroxylation is 1. The number of nitrogens with one attached hydrogen (secondary N) is 2. The van der Waals surface area contributed by atoms with E-state index in [4.69, 9.17) is 4.74 Å². The molecule has 7 heteroatoms. The minimum absolute atomic E-state index is 0.0208. The van der Waals surface area contributed by atoms with Crippen LogP contribution in [-0.4, -0.2) is 35.0 Å². The number of rotatable bonds is 7. The zero-order chi connectivity index (χ0) is 22.5. The number of hydrogen-bond donors (Lipinski definition) is 2. The van der Waals surface area contributed by atoms with Gasteiger partial charge in [-0.3, -0.25) is 14.4 Å². The van der Waals surface area contributed by atoms with E-state index >= 15 is 0 Å². The van der Waals surface area contributed by atoms with Gasteiger partial charge in [0.1, 0.15) is 6.54 Å². The van der Waals surface area contributed by atoms with E-state index in [0.29, 0.717) is 11.3 Å². The molecule has 0 spiro atoms. The van der Waals surface area contributed by atoms with Crippen LogP contribution in [0.5, 0.6) is 0 Å². The highest BCUT2D eigenvalue weighted by Gasteiger charge is 2.20. The smallest absolute Gasteiger partial charge is 0.326 e. The van der Waals surface area contributed by atoms with Crippen molar-refractivity contribution in [1.29, 1.82) is 0 Å². The van der Waals surface area contributed by atoms with Gasteiger partial charge in [-0.25, -0.2) is 0 Å². The van der Waals surface area contributed by atoms with Crippen LogP contribution < -0.4 is 10.6 Å². The molecule has 0 saturated heterocycles. The van der Waals surface area contributed by atoms with Crippen molar-refractivity contribution in [2.75, 3.05) is 11.9 Å². The highest BCUT2D eigenvalue weighted by atomic mass is 16.5. The van der Waals surface area contributed by atoms with Gasteiger partial charge in [0.15, 0.2) is 6.61 Å². The standard InChI is InChI=1S/C25H27N3O4/c1-17-14-18-8-2-7-13-22(18)28(17)15-24(30)32-16-23(29)27-21-12-6-5-11-20(21)25(31)26-19-9-3-4-10-19/h2,5-8,11-14,19H,3-4,9-10,15-16H2,1H3,(H,26,31)(H,27,29). The van der Waals surface area contributed by atoms with Crippen LogP contribution in [0.15, 0.2) is 54.6 Å². The number of ether oxygens (including phenoxy) is 1. The lowest BCUT2D eigenvalue weighted by molar-refractivity contribution is -0.147. The summed E-state index contributed by atoms with van der Waals surface area (Å²) in [7, 11) is 0. The largest absolute Gasteiger partial charge is 0.454 e. The number of carbonyl (C=O) groups excluding carboxylic acids is 3. The summed E-state index contributed by atoms with van der Waals surface area (Å²) in [5.41, 5.74) is 2.67. The molecule has 2 amide bonds. The minimum atomic E-state index is -0.503. The number of aromatic nitrogens is 1. The fourth-order valence-corrected chi connectivity index (χ4v) is 4.19. The summed E-state index contributed by atoms with van der Waals surface area (Å²) < 4.78 is 7.05. The fraction of sp³-hybridized carbons (Fsp3) is 0.320. The van der Waals surface area contributed by atoms with Crippen molar-refractivity contribution in [2.45, 2.75) is 45.2 Å². The van der Waals surface area contributed by atoms with E-state index < -0.39 is 18.5 Å². The van der Waals surface area contributed by atoms with Crippen LogP contribution in [0, 0.1) is 6.92 Å². The molecular formula is C25H27N3O4. The Kier molecular flexibility index (Phi) is 6.54. The lowest BCUT2D eigenvalue weighted by atomic mass is 10.1. The number of hydrogen-bond acceptors (Lipinski definition) is 4. The van der Waals surface area contributed by atoms with Gasteiger partial charge >= 0.3 is 5.97 Å². The Bertz CT molecular complexity index is 1150. The molecule has 166 valence electrons. The lowest BCUT2D eigenvalue weighted by Crippen LogP contribution is -2.33.